The second-order valence-electron chi connectivity index (χ2n) is 1.19. The summed E-state index contributed by atoms with van der Waals surface area (Å²) in [7, 11) is 1.89. The first-order chi connectivity index (χ1) is 2.27. The first-order valence-electron chi connectivity index (χ1n) is 1.77. The van der Waals surface area contributed by atoms with E-state index in [2.05, 4.69) is 12.2 Å². The first-order valence-corrected chi connectivity index (χ1v) is 1.77. The van der Waals surface area contributed by atoms with Gasteiger partial charge in [-0.25, -0.2) is 0 Å². The molecule has 0 aliphatic heterocycles. The van der Waals surface area contributed by atoms with Gasteiger partial charge in [-0.3, -0.25) is 0 Å². The Morgan fingerprint density at radius 1 is 1.80 bits per heavy atom. The highest BCUT2D eigenvalue weighted by Crippen LogP contribution is 1.65. The van der Waals surface area contributed by atoms with Crippen LogP contribution in [0.15, 0.2) is 0 Å². The molecule has 0 unspecified atom stereocenters. The Balaban J connectivity index is 2.54. The lowest BCUT2D eigenvalue weighted by Crippen LogP contribution is -2.16. The van der Waals surface area contributed by atoms with Crippen LogP contribution in [0, 0.1) is 6.92 Å². The van der Waals surface area contributed by atoms with Crippen LogP contribution >= 0.6 is 0 Å². The van der Waals surface area contributed by atoms with Crippen molar-refractivity contribution in [3.8, 4) is 0 Å². The fourth-order valence-electron chi connectivity index (χ4n) is 0. The van der Waals surface area contributed by atoms with Crippen molar-refractivity contribution < 1.29 is 0 Å². The van der Waals surface area contributed by atoms with Crippen LogP contribution in [0.3, 0.4) is 0 Å². The zero-order valence-electron chi connectivity index (χ0n) is 3.78. The summed E-state index contributed by atoms with van der Waals surface area (Å²) in [6, 6.07) is 0.384. The van der Waals surface area contributed by atoms with Gasteiger partial charge in [0.1, 0.15) is 0 Å². The second-order valence-corrected chi connectivity index (χ2v) is 1.19. The topological polar surface area (TPSA) is 12.0 Å². The molecule has 0 aliphatic rings. The molecule has 0 fully saturated rings. The van der Waals surface area contributed by atoms with Crippen LogP contribution in [-0.4, -0.2) is 13.1 Å². The van der Waals surface area contributed by atoms with Gasteiger partial charge in [0.25, 0.3) is 0 Å². The summed E-state index contributed by atoms with van der Waals surface area (Å²) in [5.74, 6) is 0. The van der Waals surface area contributed by atoms with Crippen molar-refractivity contribution in [3.05, 3.63) is 6.92 Å². The zero-order valence-corrected chi connectivity index (χ0v) is 3.78. The molecule has 1 N–H and O–H groups in total. The van der Waals surface area contributed by atoms with Gasteiger partial charge in [0.2, 0.25) is 0 Å². The monoisotopic (exact) mass is 72.1 g/mol. The van der Waals surface area contributed by atoms with Crippen molar-refractivity contribution in [2.45, 2.75) is 13.0 Å². The van der Waals surface area contributed by atoms with Gasteiger partial charge in [-0.1, -0.05) is 0 Å². The molecule has 0 spiro atoms. The predicted molar refractivity (Wildman–Crippen MR) is 23.9 cm³/mol. The molecule has 1 nitrogen and oxygen atoms in total. The lowest BCUT2D eigenvalue weighted by atomic mass is 10.4. The quantitative estimate of drug-likeness (QED) is 0.473. The molecule has 0 amide bonds. The fourth-order valence-corrected chi connectivity index (χ4v) is 0. The summed E-state index contributed by atoms with van der Waals surface area (Å²) >= 11 is 0. The third-order valence-corrected chi connectivity index (χ3v) is 0.493. The molecule has 1 heteroatoms. The van der Waals surface area contributed by atoms with Gasteiger partial charge in [-0.05, 0) is 20.9 Å². The predicted octanol–water partition coefficient (Wildman–Crippen LogP) is 0.428. The Bertz CT molecular complexity index is 17.6. The third kappa shape index (κ3) is 3.96. The highest BCUT2D eigenvalue weighted by molar-refractivity contribution is 4.54. The van der Waals surface area contributed by atoms with Crippen LogP contribution in [0.5, 0.6) is 0 Å². The molecule has 1 radical (unpaired) electrons. The normalized spacial score (nSPS) is 9.60. The summed E-state index contributed by atoms with van der Waals surface area (Å²) in [6.45, 7) is 5.65. The summed E-state index contributed by atoms with van der Waals surface area (Å²) in [5, 5.41) is 2.92. The maximum Gasteiger partial charge on any atom is 0.00363 e. The van der Waals surface area contributed by atoms with Crippen LogP contribution in [0.2, 0.25) is 0 Å². The van der Waals surface area contributed by atoms with Crippen LogP contribution in [0.1, 0.15) is 6.92 Å². The van der Waals surface area contributed by atoms with Gasteiger partial charge in [-0.15, -0.1) is 0 Å². The van der Waals surface area contributed by atoms with E-state index in [1.54, 1.807) is 0 Å². The average molecular weight is 72.1 g/mol. The number of hydrogen-bond donors (Lipinski definition) is 1. The molecular formula is C4H10N. The lowest BCUT2D eigenvalue weighted by molar-refractivity contribution is 0.726. The fraction of sp³-hybridized carbons (Fsp3) is 0.750. The summed E-state index contributed by atoms with van der Waals surface area (Å²) in [5.41, 5.74) is 0. The van der Waals surface area contributed by atoms with Gasteiger partial charge in [0.05, 0.1) is 0 Å². The Labute approximate surface area is 33.4 Å². The molecule has 1 atom stereocenters. The summed E-state index contributed by atoms with van der Waals surface area (Å²) in [4.78, 5) is 0. The largest absolute Gasteiger partial charge is 0.317 e. The second kappa shape index (κ2) is 2.21. The molecule has 0 aliphatic carbocycles. The van der Waals surface area contributed by atoms with E-state index in [9.17, 15) is 0 Å². The van der Waals surface area contributed by atoms with Crippen LogP contribution < -0.4 is 5.32 Å². The Morgan fingerprint density at radius 2 is 2.00 bits per heavy atom. The van der Waals surface area contributed by atoms with Crippen molar-refractivity contribution in [3.63, 3.8) is 0 Å². The molecule has 0 bridgehead atoms. The van der Waals surface area contributed by atoms with E-state index in [1.807, 2.05) is 14.0 Å². The van der Waals surface area contributed by atoms with Gasteiger partial charge in [0, 0.05) is 6.04 Å². The van der Waals surface area contributed by atoms with E-state index in [-0.39, 0.29) is 0 Å². The maximum absolute atomic E-state index is 3.65. The SMILES string of the molecule is [CH2][C@@H](C)NC. The zero-order chi connectivity index (χ0) is 4.28. The van der Waals surface area contributed by atoms with Crippen molar-refractivity contribution in [1.82, 2.24) is 5.32 Å². The molecule has 0 saturated carbocycles. The first kappa shape index (κ1) is 4.96. The Hall–Kier alpha value is -0.0400. The minimum absolute atomic E-state index is 0.384. The van der Waals surface area contributed by atoms with Gasteiger partial charge < -0.3 is 5.32 Å². The van der Waals surface area contributed by atoms with E-state index in [0.717, 1.165) is 0 Å². The average Bonchev–Trinajstić information content (AvgIpc) is 1.38. The number of rotatable bonds is 1. The minimum Gasteiger partial charge on any atom is -0.317 e. The van der Waals surface area contributed by atoms with Gasteiger partial charge in [0.15, 0.2) is 0 Å². The summed E-state index contributed by atoms with van der Waals surface area (Å²) in [6.07, 6.45) is 0. The number of nitrogens with one attached hydrogen (secondary N) is 1. The molecule has 0 aromatic carbocycles. The molecule has 31 valence electrons. The highest BCUT2D eigenvalue weighted by atomic mass is 14.8. The van der Waals surface area contributed by atoms with Crippen molar-refractivity contribution >= 4 is 0 Å². The molecule has 0 saturated heterocycles. The standard InChI is InChI=1S/C4H10N/c1-4(2)5-3/h4-5H,1H2,2-3H3/t4-/m0/s1. The van der Waals surface area contributed by atoms with Gasteiger partial charge >= 0.3 is 0 Å². The molecule has 0 rings (SSSR count). The minimum atomic E-state index is 0.384. The van der Waals surface area contributed by atoms with Crippen LogP contribution in [0.4, 0.5) is 0 Å². The highest BCUT2D eigenvalue weighted by Gasteiger charge is 1.77. The van der Waals surface area contributed by atoms with E-state index in [4.69, 9.17) is 0 Å². The van der Waals surface area contributed by atoms with Crippen molar-refractivity contribution in [1.29, 1.82) is 0 Å². The molecule has 0 heterocycles. The van der Waals surface area contributed by atoms with Crippen LogP contribution in [0.25, 0.3) is 0 Å². The van der Waals surface area contributed by atoms with E-state index in [1.165, 1.54) is 0 Å². The Kier molecular flexibility index (Phi) is 2.19. The molecular weight excluding hydrogens is 62.1 g/mol. The smallest absolute Gasteiger partial charge is 0.00363 e. The number of hydrogen-bond acceptors (Lipinski definition) is 1. The van der Waals surface area contributed by atoms with E-state index < -0.39 is 0 Å². The van der Waals surface area contributed by atoms with Gasteiger partial charge in [-0.2, -0.15) is 0 Å². The van der Waals surface area contributed by atoms with Crippen LogP contribution in [-0.2, 0) is 0 Å². The van der Waals surface area contributed by atoms with E-state index in [0.29, 0.717) is 6.04 Å². The summed E-state index contributed by atoms with van der Waals surface area (Å²) < 4.78 is 0. The lowest BCUT2D eigenvalue weighted by Gasteiger charge is -1.95. The molecule has 5 heavy (non-hydrogen) atoms. The maximum atomic E-state index is 3.65. The molecule has 0 aromatic rings. The van der Waals surface area contributed by atoms with E-state index >= 15 is 0 Å². The Morgan fingerprint density at radius 3 is 2.00 bits per heavy atom. The third-order valence-electron chi connectivity index (χ3n) is 0.493. The van der Waals surface area contributed by atoms with Crippen molar-refractivity contribution in [2.24, 2.45) is 0 Å². The van der Waals surface area contributed by atoms with Crippen molar-refractivity contribution in [2.75, 3.05) is 7.05 Å². The molecule has 0 aromatic heterocycles.